The van der Waals surface area contributed by atoms with Crippen LogP contribution in [0.4, 0.5) is 22.7 Å². The van der Waals surface area contributed by atoms with Gasteiger partial charge in [0.15, 0.2) is 0 Å². The first-order valence-corrected chi connectivity index (χ1v) is 34.8. The number of fused-ring (bicyclic) bond motifs is 4. The van der Waals surface area contributed by atoms with Crippen molar-refractivity contribution < 1.29 is 57.1 Å². The molecule has 564 valence electrons. The third-order valence-electron chi connectivity index (χ3n) is 18.3. The Labute approximate surface area is 636 Å². The molecule has 4 aromatic heterocycles. The van der Waals surface area contributed by atoms with Crippen molar-refractivity contribution in [1.29, 1.82) is 21.0 Å². The highest BCUT2D eigenvalue weighted by Gasteiger charge is 2.41. The number of aryl methyl sites for hydroxylation is 2. The van der Waals surface area contributed by atoms with Crippen molar-refractivity contribution in [2.45, 2.75) is 92.9 Å². The van der Waals surface area contributed by atoms with E-state index in [1.807, 2.05) is 79.7 Å². The summed E-state index contributed by atoms with van der Waals surface area (Å²) in [6.45, 7) is 20.2. The van der Waals surface area contributed by atoms with E-state index in [9.17, 15) is 40.2 Å². The summed E-state index contributed by atoms with van der Waals surface area (Å²) in [7, 11) is 6.10. The Morgan fingerprint density at radius 1 is 0.364 bits per heavy atom. The number of rotatable bonds is 20. The number of hydrogen-bond acceptors (Lipinski definition) is 24. The number of nitrogens with two attached hydrogens (primary N) is 4. The fourth-order valence-corrected chi connectivity index (χ4v) is 13.9. The minimum absolute atomic E-state index is 0.402. The van der Waals surface area contributed by atoms with Crippen molar-refractivity contribution in [3.05, 3.63) is 233 Å². The highest BCUT2D eigenvalue weighted by Crippen LogP contribution is 2.53. The standard InChI is InChI=1S/2C21H22N4O3.2C20H20N4O3/c2*1-5-28-21-19-15(8-11(2)24-21)25-12(3)17(20(23)26)18(19)14-7-6-13(10-22)9-16(14)27-4;2*1-4-27-20-18-14(7-8-23-20)24-11(2)16(19(22)25)17(18)13-6-5-12(10-21)9-15(13)26-3/h2*6-9,18,25H,5H2,1-4H3,(H2,23,26);2*5-9,17,24H,4H2,1-3H3,(H2,22,25)/t2*18-;2*17-/m1010/s1. The van der Waals surface area contributed by atoms with E-state index in [2.05, 4.69) is 65.5 Å². The number of nitriles is 4. The number of carbonyl (C=O) groups is 4. The van der Waals surface area contributed by atoms with Gasteiger partial charge >= 0.3 is 0 Å². The van der Waals surface area contributed by atoms with Gasteiger partial charge in [-0.15, -0.1) is 0 Å². The molecule has 0 spiro atoms. The molecule has 28 nitrogen and oxygen atoms in total. The van der Waals surface area contributed by atoms with Gasteiger partial charge < -0.3 is 82.1 Å². The Kier molecular flexibility index (Phi) is 25.7. The van der Waals surface area contributed by atoms with Crippen LogP contribution in [0.15, 0.2) is 155 Å². The largest absolute Gasteiger partial charge is 0.496 e. The molecule has 12 N–H and O–H groups in total. The number of aromatic nitrogens is 4. The summed E-state index contributed by atoms with van der Waals surface area (Å²) in [5.41, 5.74) is 39.5. The minimum Gasteiger partial charge on any atom is -0.496 e. The lowest BCUT2D eigenvalue weighted by molar-refractivity contribution is -0.115. The Bertz CT molecular complexity index is 4970. The van der Waals surface area contributed by atoms with Crippen LogP contribution in [0.25, 0.3) is 0 Å². The molecule has 110 heavy (non-hydrogen) atoms. The van der Waals surface area contributed by atoms with Crippen LogP contribution < -0.4 is 82.1 Å². The van der Waals surface area contributed by atoms with Crippen LogP contribution in [0, 0.1) is 59.2 Å². The number of methoxy groups -OCH3 is 4. The molecule has 0 fully saturated rings. The van der Waals surface area contributed by atoms with E-state index in [4.69, 9.17) is 60.8 Å². The zero-order valence-corrected chi connectivity index (χ0v) is 63.3. The first kappa shape index (κ1) is 80.0. The molecule has 4 amide bonds. The molecule has 12 rings (SSSR count). The van der Waals surface area contributed by atoms with Crippen LogP contribution >= 0.6 is 0 Å². The third-order valence-corrected chi connectivity index (χ3v) is 18.3. The molecule has 28 heteroatoms. The van der Waals surface area contributed by atoms with Gasteiger partial charge in [0.1, 0.15) is 23.0 Å². The predicted octanol–water partition coefficient (Wildman–Crippen LogP) is 11.3. The fraction of sp³-hybridized carbons (Fsp3) is 0.268. The average Bonchev–Trinajstić information content (AvgIpc) is 0.767. The zero-order chi connectivity index (χ0) is 79.9. The van der Waals surface area contributed by atoms with Gasteiger partial charge in [0.2, 0.25) is 47.1 Å². The number of nitrogens with zero attached hydrogens (tertiary/aromatic N) is 8. The maximum Gasteiger partial charge on any atom is 0.247 e. The van der Waals surface area contributed by atoms with E-state index in [1.165, 1.54) is 28.4 Å². The maximum atomic E-state index is 12.4. The van der Waals surface area contributed by atoms with Gasteiger partial charge in [-0.3, -0.25) is 19.2 Å². The normalized spacial score (nSPS) is 15.4. The monoisotopic (exact) mass is 1480 g/mol. The van der Waals surface area contributed by atoms with Crippen LogP contribution in [0.1, 0.15) is 157 Å². The molecule has 0 saturated carbocycles. The first-order valence-electron chi connectivity index (χ1n) is 34.8. The number of anilines is 4. The highest BCUT2D eigenvalue weighted by molar-refractivity contribution is 6.01. The quantitative estimate of drug-likeness (QED) is 0.0351. The van der Waals surface area contributed by atoms with Crippen molar-refractivity contribution in [1.82, 2.24) is 19.9 Å². The topological polar surface area (TPSA) is 441 Å². The average molecular weight is 1490 g/mol. The van der Waals surface area contributed by atoms with Crippen molar-refractivity contribution in [3.8, 4) is 70.8 Å². The van der Waals surface area contributed by atoms with Crippen molar-refractivity contribution in [2.24, 2.45) is 22.9 Å². The molecule has 0 bridgehead atoms. The Hall–Kier alpha value is -14.1. The van der Waals surface area contributed by atoms with Crippen LogP contribution in [0.5, 0.6) is 46.5 Å². The summed E-state index contributed by atoms with van der Waals surface area (Å²) in [6, 6.07) is 36.3. The molecule has 4 aliphatic rings. The SMILES string of the molecule is CCOc1nc(C)cc2c1[C@@H](c1ccc(C#N)cc1OC)C(C(N)=O)=C(C)N2.CCOc1nc(C)cc2c1[C@H](c1ccc(C#N)cc1OC)C(C(N)=O)=C(C)N2.CCOc1nccc2c1[C@@H](c1ccc(C#N)cc1OC)C(C(N)=O)=C(C)N2.CCOc1nccc2c1[C@H](c1ccc(C#N)cc1OC)C(C(N)=O)=C(C)N2. The second-order valence-electron chi connectivity index (χ2n) is 25.1. The van der Waals surface area contributed by atoms with Gasteiger partial charge in [-0.05, 0) is 142 Å². The minimum atomic E-state index is -0.548. The lowest BCUT2D eigenvalue weighted by atomic mass is 9.80. The summed E-state index contributed by atoms with van der Waals surface area (Å²) < 4.78 is 45.1. The molecular formula is C82H84N16O12. The Balaban J connectivity index is 0.000000169. The van der Waals surface area contributed by atoms with E-state index >= 15 is 0 Å². The Morgan fingerprint density at radius 2 is 0.600 bits per heavy atom. The number of carbonyl (C=O) groups excluding carboxylic acids is 4. The van der Waals surface area contributed by atoms with Crippen molar-refractivity contribution >= 4 is 46.4 Å². The summed E-state index contributed by atoms with van der Waals surface area (Å²) in [6.07, 6.45) is 3.29. The number of benzene rings is 4. The summed E-state index contributed by atoms with van der Waals surface area (Å²) in [4.78, 5) is 67.1. The van der Waals surface area contributed by atoms with Crippen LogP contribution in [0.3, 0.4) is 0 Å². The summed E-state index contributed by atoms with van der Waals surface area (Å²) in [5, 5.41) is 49.7. The van der Waals surface area contributed by atoms with Gasteiger partial charge in [0.05, 0.1) is 147 Å². The lowest BCUT2D eigenvalue weighted by Crippen LogP contribution is -2.28. The lowest BCUT2D eigenvalue weighted by Gasteiger charge is -2.31. The highest BCUT2D eigenvalue weighted by atomic mass is 16.5. The second kappa shape index (κ2) is 35.3. The first-order chi connectivity index (χ1) is 52.8. The van der Waals surface area contributed by atoms with Gasteiger partial charge in [0, 0.05) is 114 Å². The molecule has 0 aliphatic carbocycles. The predicted molar refractivity (Wildman–Crippen MR) is 411 cm³/mol. The van der Waals surface area contributed by atoms with Crippen molar-refractivity contribution in [2.75, 3.05) is 76.1 Å². The number of pyridine rings is 4. The third kappa shape index (κ3) is 16.5. The second-order valence-corrected chi connectivity index (χ2v) is 25.1. The van der Waals surface area contributed by atoms with Gasteiger partial charge in [-0.1, -0.05) is 24.3 Å². The zero-order valence-electron chi connectivity index (χ0n) is 63.3. The molecule has 0 unspecified atom stereocenters. The molecule has 4 aromatic carbocycles. The number of primary amides is 4. The Morgan fingerprint density at radius 3 is 0.827 bits per heavy atom. The smallest absolute Gasteiger partial charge is 0.247 e. The number of allylic oxidation sites excluding steroid dienone is 4. The number of nitrogens with one attached hydrogen (secondary N) is 4. The molecule has 0 saturated heterocycles. The molecule has 8 aromatic rings. The van der Waals surface area contributed by atoms with E-state index in [-0.39, 0.29) is 0 Å². The van der Waals surface area contributed by atoms with E-state index in [0.29, 0.717) is 174 Å². The van der Waals surface area contributed by atoms with E-state index in [0.717, 1.165) is 45.3 Å². The van der Waals surface area contributed by atoms with Crippen LogP contribution in [-0.2, 0) is 19.2 Å². The summed E-state index contributed by atoms with van der Waals surface area (Å²) >= 11 is 0. The van der Waals surface area contributed by atoms with Gasteiger partial charge in [-0.25, -0.2) is 19.9 Å². The van der Waals surface area contributed by atoms with Gasteiger partial charge in [0.25, 0.3) is 0 Å². The van der Waals surface area contributed by atoms with Gasteiger partial charge in [-0.2, -0.15) is 21.0 Å². The summed E-state index contributed by atoms with van der Waals surface area (Å²) in [5.74, 6) is -0.638. The molecule has 4 aliphatic heterocycles. The molecular weight excluding hydrogens is 1400 g/mol. The number of amides is 4. The van der Waals surface area contributed by atoms with Crippen molar-refractivity contribution in [3.63, 3.8) is 0 Å². The molecule has 4 atom stereocenters. The molecule has 0 radical (unpaired) electrons. The maximum absolute atomic E-state index is 12.4. The van der Waals surface area contributed by atoms with E-state index in [1.54, 1.807) is 99.0 Å². The van der Waals surface area contributed by atoms with Crippen LogP contribution in [-0.4, -0.2) is 98.4 Å². The molecule has 8 heterocycles. The number of ether oxygens (including phenoxy) is 8. The number of hydrogen-bond donors (Lipinski definition) is 8. The van der Waals surface area contributed by atoms with E-state index < -0.39 is 47.3 Å². The van der Waals surface area contributed by atoms with Crippen LogP contribution in [0.2, 0.25) is 0 Å². The fourth-order valence-electron chi connectivity index (χ4n) is 13.9.